The Morgan fingerprint density at radius 2 is 2.24 bits per heavy atom. The highest BCUT2D eigenvalue weighted by atomic mass is 32.1. The van der Waals surface area contributed by atoms with Gasteiger partial charge < -0.3 is 10.2 Å². The predicted molar refractivity (Wildman–Crippen MR) is 82.5 cm³/mol. The first-order chi connectivity index (χ1) is 9.89. The van der Waals surface area contributed by atoms with E-state index in [4.69, 9.17) is 0 Å². The fourth-order valence-corrected chi connectivity index (χ4v) is 4.21. The van der Waals surface area contributed by atoms with Gasteiger partial charge in [-0.3, -0.25) is 9.69 Å². The molecule has 118 valence electrons. The van der Waals surface area contributed by atoms with Crippen LogP contribution in [0.25, 0.3) is 0 Å². The second kappa shape index (κ2) is 6.42. The van der Waals surface area contributed by atoms with Gasteiger partial charge in [0.2, 0.25) is 0 Å². The van der Waals surface area contributed by atoms with Crippen molar-refractivity contribution in [3.8, 4) is 0 Å². The smallest absolute Gasteiger partial charge is 0.313 e. The van der Waals surface area contributed by atoms with E-state index in [9.17, 15) is 15.0 Å². The number of thiazole rings is 1. The van der Waals surface area contributed by atoms with Crippen LogP contribution in [-0.2, 0) is 11.3 Å². The van der Waals surface area contributed by atoms with E-state index in [1.165, 1.54) is 4.88 Å². The Morgan fingerprint density at radius 1 is 1.52 bits per heavy atom. The van der Waals surface area contributed by atoms with E-state index >= 15 is 0 Å². The molecule has 21 heavy (non-hydrogen) atoms. The van der Waals surface area contributed by atoms with Crippen LogP contribution in [-0.4, -0.2) is 45.3 Å². The van der Waals surface area contributed by atoms with E-state index in [-0.39, 0.29) is 0 Å². The zero-order chi connectivity index (χ0) is 15.6. The number of carboxylic acid groups (broad SMARTS) is 1. The van der Waals surface area contributed by atoms with Crippen LogP contribution in [0.2, 0.25) is 0 Å². The number of aromatic nitrogens is 1. The number of hydrogen-bond donors (Lipinski definition) is 2. The van der Waals surface area contributed by atoms with E-state index < -0.39 is 17.5 Å². The van der Waals surface area contributed by atoms with Crippen molar-refractivity contribution in [2.24, 2.45) is 5.41 Å². The summed E-state index contributed by atoms with van der Waals surface area (Å²) in [7, 11) is 0. The highest BCUT2D eigenvalue weighted by Gasteiger charge is 2.48. The topological polar surface area (TPSA) is 73.7 Å². The molecule has 0 aliphatic carbocycles. The van der Waals surface area contributed by atoms with Gasteiger partial charge in [-0.25, -0.2) is 4.98 Å². The van der Waals surface area contributed by atoms with Gasteiger partial charge in [0.25, 0.3) is 0 Å². The summed E-state index contributed by atoms with van der Waals surface area (Å²) in [4.78, 5) is 19.5. The van der Waals surface area contributed by atoms with E-state index in [0.717, 1.165) is 30.2 Å². The van der Waals surface area contributed by atoms with Crippen molar-refractivity contribution in [1.29, 1.82) is 0 Å². The minimum absolute atomic E-state index is 0.410. The molecule has 1 aromatic heterocycles. The summed E-state index contributed by atoms with van der Waals surface area (Å²) in [6.45, 7) is 7.81. The van der Waals surface area contributed by atoms with Crippen LogP contribution < -0.4 is 0 Å². The van der Waals surface area contributed by atoms with E-state index in [1.807, 2.05) is 20.8 Å². The maximum atomic E-state index is 11.7. The minimum atomic E-state index is -1.03. The average Bonchev–Trinajstić information content (AvgIpc) is 2.72. The highest BCUT2D eigenvalue weighted by Crippen LogP contribution is 2.36. The van der Waals surface area contributed by atoms with Crippen molar-refractivity contribution < 1.29 is 15.0 Å². The molecule has 0 spiro atoms. The summed E-state index contributed by atoms with van der Waals surface area (Å²) in [6, 6.07) is 0. The average molecular weight is 312 g/mol. The van der Waals surface area contributed by atoms with Crippen LogP contribution in [0, 0.1) is 19.3 Å². The summed E-state index contributed by atoms with van der Waals surface area (Å²) in [5, 5.41) is 20.9. The summed E-state index contributed by atoms with van der Waals surface area (Å²) in [5.41, 5.74) is 0.000668. The lowest BCUT2D eigenvalue weighted by molar-refractivity contribution is -0.164. The maximum absolute atomic E-state index is 11.7. The second-order valence-electron chi connectivity index (χ2n) is 5.97. The number of piperidine rings is 1. The number of aliphatic carboxylic acids is 1. The first-order valence-corrected chi connectivity index (χ1v) is 8.27. The van der Waals surface area contributed by atoms with Gasteiger partial charge >= 0.3 is 5.97 Å². The zero-order valence-electron chi connectivity index (χ0n) is 12.9. The van der Waals surface area contributed by atoms with Crippen LogP contribution in [0.5, 0.6) is 0 Å². The van der Waals surface area contributed by atoms with E-state index in [0.29, 0.717) is 19.4 Å². The normalized spacial score (nSPS) is 27.0. The van der Waals surface area contributed by atoms with Gasteiger partial charge in [0.05, 0.1) is 16.8 Å². The molecule has 2 N–H and O–H groups in total. The molecule has 0 aromatic carbocycles. The third kappa shape index (κ3) is 3.27. The number of aryl methyl sites for hydroxylation is 2. The van der Waals surface area contributed by atoms with Crippen molar-refractivity contribution in [1.82, 2.24) is 9.88 Å². The molecule has 1 aromatic rings. The molecule has 2 heterocycles. The first kappa shape index (κ1) is 16.4. The standard InChI is InChI=1S/C15H24N2O3S/c1-4-6-15(14(19)20)9-17(7-5-13(15)18)8-12-10(2)16-11(3)21-12/h13,18H,4-9H2,1-3H3,(H,19,20)/t13-,15-/m1/s1. The zero-order valence-corrected chi connectivity index (χ0v) is 13.7. The summed E-state index contributed by atoms with van der Waals surface area (Å²) < 4.78 is 0. The number of hydrogen-bond acceptors (Lipinski definition) is 5. The lowest BCUT2D eigenvalue weighted by atomic mass is 9.74. The minimum Gasteiger partial charge on any atom is -0.481 e. The summed E-state index contributed by atoms with van der Waals surface area (Å²) in [5.74, 6) is -0.876. The monoisotopic (exact) mass is 312 g/mol. The quantitative estimate of drug-likeness (QED) is 0.872. The van der Waals surface area contributed by atoms with Crippen LogP contribution >= 0.6 is 11.3 Å². The van der Waals surface area contributed by atoms with Gasteiger partial charge in [0, 0.05) is 24.5 Å². The molecule has 2 rings (SSSR count). The fourth-order valence-electron chi connectivity index (χ4n) is 3.23. The number of aliphatic hydroxyl groups excluding tert-OH is 1. The molecule has 2 atom stereocenters. The SMILES string of the molecule is CCC[C@@]1(C(=O)O)CN(Cc2sc(C)nc2C)CC[C@H]1O. The third-order valence-corrected chi connectivity index (χ3v) is 5.41. The number of carboxylic acids is 1. The van der Waals surface area contributed by atoms with E-state index in [2.05, 4.69) is 9.88 Å². The van der Waals surface area contributed by atoms with Gasteiger partial charge in [-0.2, -0.15) is 0 Å². The van der Waals surface area contributed by atoms with Gasteiger partial charge in [0.1, 0.15) is 5.41 Å². The molecule has 0 unspecified atom stereocenters. The van der Waals surface area contributed by atoms with Crippen LogP contribution in [0.15, 0.2) is 0 Å². The fraction of sp³-hybridized carbons (Fsp3) is 0.733. The molecule has 1 fully saturated rings. The lowest BCUT2D eigenvalue weighted by Crippen LogP contribution is -2.55. The molecule has 0 bridgehead atoms. The molecule has 1 aliphatic rings. The molecule has 0 amide bonds. The summed E-state index contributed by atoms with van der Waals surface area (Å²) in [6.07, 6.45) is 1.04. The van der Waals surface area contributed by atoms with Crippen molar-refractivity contribution in [3.63, 3.8) is 0 Å². The molecule has 1 saturated heterocycles. The molecular weight excluding hydrogens is 288 g/mol. The molecular formula is C15H24N2O3S. The Kier molecular flexibility index (Phi) is 5.01. The Labute approximate surface area is 129 Å². The third-order valence-electron chi connectivity index (χ3n) is 4.35. The molecule has 0 saturated carbocycles. The van der Waals surface area contributed by atoms with Crippen LogP contribution in [0.4, 0.5) is 0 Å². The largest absolute Gasteiger partial charge is 0.481 e. The second-order valence-corrected chi connectivity index (χ2v) is 7.26. The highest BCUT2D eigenvalue weighted by molar-refractivity contribution is 7.11. The Morgan fingerprint density at radius 3 is 2.76 bits per heavy atom. The Hall–Kier alpha value is -0.980. The number of nitrogens with zero attached hydrogens (tertiary/aromatic N) is 2. The van der Waals surface area contributed by atoms with Crippen molar-refractivity contribution in [2.45, 2.75) is 52.7 Å². The van der Waals surface area contributed by atoms with Crippen LogP contribution in [0.1, 0.15) is 41.8 Å². The predicted octanol–water partition coefficient (Wildman–Crippen LogP) is 2.20. The molecule has 6 heteroatoms. The van der Waals surface area contributed by atoms with Crippen molar-refractivity contribution in [3.05, 3.63) is 15.6 Å². The van der Waals surface area contributed by atoms with E-state index in [1.54, 1.807) is 11.3 Å². The Bertz CT molecular complexity index is 517. The first-order valence-electron chi connectivity index (χ1n) is 7.45. The number of aliphatic hydroxyl groups is 1. The number of likely N-dealkylation sites (tertiary alicyclic amines) is 1. The van der Waals surface area contributed by atoms with Gasteiger partial charge in [-0.15, -0.1) is 11.3 Å². The summed E-state index contributed by atoms with van der Waals surface area (Å²) >= 11 is 1.67. The van der Waals surface area contributed by atoms with Gasteiger partial charge in [-0.05, 0) is 26.7 Å². The van der Waals surface area contributed by atoms with Crippen molar-refractivity contribution >= 4 is 17.3 Å². The molecule has 1 aliphatic heterocycles. The maximum Gasteiger partial charge on any atom is 0.313 e. The van der Waals surface area contributed by atoms with Gasteiger partial charge in [0.15, 0.2) is 0 Å². The van der Waals surface area contributed by atoms with Crippen LogP contribution in [0.3, 0.4) is 0 Å². The van der Waals surface area contributed by atoms with Crippen molar-refractivity contribution in [2.75, 3.05) is 13.1 Å². The Balaban J connectivity index is 2.16. The number of carbonyl (C=O) groups is 1. The molecule has 0 radical (unpaired) electrons. The van der Waals surface area contributed by atoms with Gasteiger partial charge in [-0.1, -0.05) is 13.3 Å². The molecule has 5 nitrogen and oxygen atoms in total. The lowest BCUT2D eigenvalue weighted by Gasteiger charge is -2.43. The number of rotatable bonds is 5.